The lowest BCUT2D eigenvalue weighted by molar-refractivity contribution is -0.125. The van der Waals surface area contributed by atoms with Gasteiger partial charge in [-0.15, -0.1) is 11.3 Å². The highest BCUT2D eigenvalue weighted by Gasteiger charge is 2.35. The van der Waals surface area contributed by atoms with Crippen LogP contribution in [0.2, 0.25) is 0 Å². The zero-order valence-electron chi connectivity index (χ0n) is 15.3. The van der Waals surface area contributed by atoms with E-state index in [0.29, 0.717) is 0 Å². The molecule has 0 aliphatic heterocycles. The topological polar surface area (TPSA) is 155 Å². The van der Waals surface area contributed by atoms with Crippen molar-refractivity contribution in [3.05, 3.63) is 58.2 Å². The van der Waals surface area contributed by atoms with Gasteiger partial charge in [-0.3, -0.25) is 14.4 Å². The first-order valence-corrected chi connectivity index (χ1v) is 9.77. The van der Waals surface area contributed by atoms with Crippen LogP contribution >= 0.6 is 11.3 Å². The second kappa shape index (κ2) is 9.03. The Balaban J connectivity index is 1.72. The fraction of sp³-hybridized carbons (Fsp3) is 0.316. The van der Waals surface area contributed by atoms with E-state index in [-0.39, 0.29) is 24.2 Å². The smallest absolute Gasteiger partial charge is 0.287 e. The van der Waals surface area contributed by atoms with Crippen LogP contribution in [0.5, 0.6) is 0 Å². The van der Waals surface area contributed by atoms with E-state index in [4.69, 9.17) is 10.2 Å². The van der Waals surface area contributed by atoms with Crippen molar-refractivity contribution in [1.29, 1.82) is 0 Å². The van der Waals surface area contributed by atoms with Crippen LogP contribution in [0.1, 0.15) is 21.9 Å². The van der Waals surface area contributed by atoms with Crippen LogP contribution in [-0.2, 0) is 16.0 Å². The highest BCUT2D eigenvalue weighted by atomic mass is 32.1. The van der Waals surface area contributed by atoms with Crippen molar-refractivity contribution in [2.45, 2.75) is 37.1 Å². The summed E-state index contributed by atoms with van der Waals surface area (Å²) in [6.07, 6.45) is 0.223. The molecule has 29 heavy (non-hydrogen) atoms. The van der Waals surface area contributed by atoms with Gasteiger partial charge in [0.1, 0.15) is 12.1 Å². The molecule has 2 aromatic rings. The number of aliphatic hydroxyl groups excluding tert-OH is 2. The minimum atomic E-state index is -1.30. The molecule has 1 aliphatic carbocycles. The number of carbonyl (C=O) groups is 3. The number of nitrogens with two attached hydrogens (primary N) is 1. The predicted molar refractivity (Wildman–Crippen MR) is 104 cm³/mol. The first-order chi connectivity index (χ1) is 13.8. The van der Waals surface area contributed by atoms with Gasteiger partial charge < -0.3 is 31.0 Å². The number of furan rings is 1. The first-order valence-electron chi connectivity index (χ1n) is 8.89. The number of nitrogens with one attached hydrogen (secondary N) is 2. The Morgan fingerprint density at radius 1 is 1.24 bits per heavy atom. The zero-order chi connectivity index (χ0) is 21.0. The van der Waals surface area contributed by atoms with E-state index in [1.807, 2.05) is 17.5 Å². The highest BCUT2D eigenvalue weighted by molar-refractivity contribution is 7.09. The Kier molecular flexibility index (Phi) is 6.47. The van der Waals surface area contributed by atoms with Gasteiger partial charge in [0.05, 0.1) is 18.4 Å². The Labute approximate surface area is 170 Å². The summed E-state index contributed by atoms with van der Waals surface area (Å²) in [4.78, 5) is 37.4. The van der Waals surface area contributed by atoms with E-state index in [0.717, 1.165) is 4.88 Å². The monoisotopic (exact) mass is 419 g/mol. The third-order valence-corrected chi connectivity index (χ3v) is 5.44. The number of amides is 3. The Morgan fingerprint density at radius 2 is 2.03 bits per heavy atom. The molecule has 6 N–H and O–H groups in total. The molecule has 0 radical (unpaired) electrons. The average Bonchev–Trinajstić information content (AvgIpc) is 3.38. The lowest BCUT2D eigenvalue weighted by atomic mass is 9.89. The molecule has 4 unspecified atom stereocenters. The third kappa shape index (κ3) is 5.11. The van der Waals surface area contributed by atoms with Gasteiger partial charge in [0.15, 0.2) is 5.76 Å². The summed E-state index contributed by atoms with van der Waals surface area (Å²) >= 11 is 1.43. The summed E-state index contributed by atoms with van der Waals surface area (Å²) in [6.45, 7) is 0. The van der Waals surface area contributed by atoms with E-state index in [1.54, 1.807) is 0 Å². The second-order valence-corrected chi connectivity index (χ2v) is 7.67. The van der Waals surface area contributed by atoms with Crippen LogP contribution in [0.3, 0.4) is 0 Å². The van der Waals surface area contributed by atoms with Crippen molar-refractivity contribution < 1.29 is 29.0 Å². The molecule has 0 saturated carbocycles. The van der Waals surface area contributed by atoms with Gasteiger partial charge in [-0.2, -0.15) is 0 Å². The summed E-state index contributed by atoms with van der Waals surface area (Å²) in [5, 5.41) is 27.2. The number of aliphatic hydroxyl groups is 2. The molecule has 0 aromatic carbocycles. The zero-order valence-corrected chi connectivity index (χ0v) is 16.1. The second-order valence-electron chi connectivity index (χ2n) is 6.64. The number of hydrogen-bond acceptors (Lipinski definition) is 7. The van der Waals surface area contributed by atoms with Crippen molar-refractivity contribution in [1.82, 2.24) is 10.6 Å². The summed E-state index contributed by atoms with van der Waals surface area (Å²) in [6, 6.07) is 4.69. The van der Waals surface area contributed by atoms with E-state index in [2.05, 4.69) is 10.6 Å². The van der Waals surface area contributed by atoms with Crippen molar-refractivity contribution in [2.24, 2.45) is 5.73 Å². The average molecular weight is 419 g/mol. The van der Waals surface area contributed by atoms with Gasteiger partial charge >= 0.3 is 0 Å². The van der Waals surface area contributed by atoms with Crippen molar-refractivity contribution in [3.63, 3.8) is 0 Å². The lowest BCUT2D eigenvalue weighted by Gasteiger charge is -2.31. The van der Waals surface area contributed by atoms with Crippen molar-refractivity contribution in [2.75, 3.05) is 0 Å². The van der Waals surface area contributed by atoms with E-state index in [9.17, 15) is 24.6 Å². The van der Waals surface area contributed by atoms with E-state index in [1.165, 1.54) is 35.8 Å². The molecule has 10 heteroatoms. The molecular formula is C19H21N3O6S. The van der Waals surface area contributed by atoms with Crippen LogP contribution in [0.25, 0.3) is 0 Å². The SMILES string of the molecule is NC(=O)C(Cc1cccs1)NC(=O)C1=CC(NC(=O)c2ccco2)C(O)C(O)C1. The van der Waals surface area contributed by atoms with Gasteiger partial charge in [0, 0.05) is 23.3 Å². The highest BCUT2D eigenvalue weighted by Crippen LogP contribution is 2.21. The summed E-state index contributed by atoms with van der Waals surface area (Å²) in [7, 11) is 0. The maximum atomic E-state index is 12.6. The molecule has 154 valence electrons. The first kappa shape index (κ1) is 20.8. The van der Waals surface area contributed by atoms with Crippen LogP contribution in [0.15, 0.2) is 52.0 Å². The molecule has 2 heterocycles. The molecule has 1 aliphatic rings. The molecule has 3 rings (SSSR count). The number of primary amides is 1. The largest absolute Gasteiger partial charge is 0.459 e. The number of thiophene rings is 1. The van der Waals surface area contributed by atoms with Crippen molar-refractivity contribution in [3.8, 4) is 0 Å². The van der Waals surface area contributed by atoms with Crippen LogP contribution in [0, 0.1) is 0 Å². The molecule has 3 amide bonds. The standard InChI is InChI=1S/C19H21N3O6S/c20-17(25)13(9-11-3-2-6-29-11)22-18(26)10-7-12(16(24)14(23)8-10)21-19(27)15-4-1-5-28-15/h1-7,12-14,16,23-24H,8-9H2,(H2,20,25)(H,21,27)(H,22,26). The van der Waals surface area contributed by atoms with Gasteiger partial charge in [-0.1, -0.05) is 12.1 Å². The molecule has 0 fully saturated rings. The summed E-state index contributed by atoms with van der Waals surface area (Å²) in [5.74, 6) is -1.86. The summed E-state index contributed by atoms with van der Waals surface area (Å²) < 4.78 is 5.00. The van der Waals surface area contributed by atoms with E-state index < -0.39 is 42.0 Å². The number of carbonyl (C=O) groups excluding carboxylic acids is 3. The van der Waals surface area contributed by atoms with Gasteiger partial charge in [-0.05, 0) is 23.6 Å². The molecule has 9 nitrogen and oxygen atoms in total. The molecular weight excluding hydrogens is 398 g/mol. The summed E-state index contributed by atoms with van der Waals surface area (Å²) in [5.41, 5.74) is 5.53. The molecule has 4 atom stereocenters. The molecule has 2 aromatic heterocycles. The fourth-order valence-corrected chi connectivity index (χ4v) is 3.75. The fourth-order valence-electron chi connectivity index (χ4n) is 3.00. The Bertz CT molecular complexity index is 893. The van der Waals surface area contributed by atoms with Crippen molar-refractivity contribution >= 4 is 29.1 Å². The maximum Gasteiger partial charge on any atom is 0.287 e. The quantitative estimate of drug-likeness (QED) is 0.415. The lowest BCUT2D eigenvalue weighted by Crippen LogP contribution is -2.52. The maximum absolute atomic E-state index is 12.6. The Morgan fingerprint density at radius 3 is 2.66 bits per heavy atom. The molecule has 0 bridgehead atoms. The number of hydrogen-bond donors (Lipinski definition) is 5. The van der Waals surface area contributed by atoms with Gasteiger partial charge in [0.25, 0.3) is 5.91 Å². The normalized spacial score (nSPS) is 22.4. The molecule has 0 spiro atoms. The number of rotatable bonds is 7. The minimum absolute atomic E-state index is 0.0291. The van der Waals surface area contributed by atoms with Gasteiger partial charge in [0.2, 0.25) is 11.8 Å². The van der Waals surface area contributed by atoms with E-state index >= 15 is 0 Å². The minimum Gasteiger partial charge on any atom is -0.459 e. The van der Waals surface area contributed by atoms with Crippen LogP contribution < -0.4 is 16.4 Å². The van der Waals surface area contributed by atoms with Crippen LogP contribution in [0.4, 0.5) is 0 Å². The predicted octanol–water partition coefficient (Wildman–Crippen LogP) is -0.296. The van der Waals surface area contributed by atoms with Crippen LogP contribution in [-0.4, -0.2) is 52.2 Å². The Hall–Kier alpha value is -2.95. The third-order valence-electron chi connectivity index (χ3n) is 4.54. The molecule has 0 saturated heterocycles. The van der Waals surface area contributed by atoms with Gasteiger partial charge in [-0.25, -0.2) is 0 Å².